The molecule has 0 fully saturated rings. The Morgan fingerprint density at radius 1 is 1.18 bits per heavy atom. The summed E-state index contributed by atoms with van der Waals surface area (Å²) < 4.78 is 0. The topological polar surface area (TPSA) is 75.7 Å². The van der Waals surface area contributed by atoms with Gasteiger partial charge < -0.3 is 5.73 Å². The molecule has 0 aliphatic carbocycles. The zero-order valence-corrected chi connectivity index (χ0v) is 10.9. The van der Waals surface area contributed by atoms with Crippen LogP contribution in [0.25, 0.3) is 10.9 Å². The average molecular weight is 232 g/mol. The second kappa shape index (κ2) is 8.21. The fraction of sp³-hybridized carbons (Fsp3) is 0.308. The Kier molecular flexibility index (Phi) is 7.26. The van der Waals surface area contributed by atoms with Crippen LogP contribution in [0.4, 0.5) is 0 Å². The molecule has 0 saturated heterocycles. The third-order valence-corrected chi connectivity index (χ3v) is 1.77. The van der Waals surface area contributed by atoms with E-state index in [9.17, 15) is 0 Å². The molecule has 3 N–H and O–H groups in total. The van der Waals surface area contributed by atoms with E-state index in [1.165, 1.54) is 0 Å². The molecule has 0 amide bonds. The Hall–Kier alpha value is -1.97. The van der Waals surface area contributed by atoms with Crippen molar-refractivity contribution >= 4 is 16.7 Å². The molecular weight excluding hydrogens is 212 g/mol. The Morgan fingerprint density at radius 2 is 1.82 bits per heavy atom. The van der Waals surface area contributed by atoms with Crippen LogP contribution in [-0.2, 0) is 0 Å². The fourth-order valence-electron chi connectivity index (χ4n) is 1.12. The highest BCUT2D eigenvalue weighted by Crippen LogP contribution is 2.09. The van der Waals surface area contributed by atoms with E-state index in [0.29, 0.717) is 5.69 Å². The standard InChI is InChI=1S/C9H8N4.2C2H6/c10-9(11)7-4-6-2-1-3-12-8(6)5-13-7;2*1-2/h1-5H,(H3,10,11);2*1-2H3. The number of hydrogen-bond acceptors (Lipinski definition) is 3. The molecule has 0 radical (unpaired) electrons. The van der Waals surface area contributed by atoms with Gasteiger partial charge in [-0.05, 0) is 12.1 Å². The molecule has 0 aliphatic rings. The van der Waals surface area contributed by atoms with Crippen LogP contribution in [0.5, 0.6) is 0 Å². The molecule has 92 valence electrons. The third-order valence-electron chi connectivity index (χ3n) is 1.77. The molecular formula is C13H20N4. The molecule has 2 heterocycles. The number of rotatable bonds is 1. The van der Waals surface area contributed by atoms with Crippen molar-refractivity contribution in [2.75, 3.05) is 0 Å². The highest BCUT2D eigenvalue weighted by molar-refractivity contribution is 5.96. The van der Waals surface area contributed by atoms with Crippen LogP contribution in [0, 0.1) is 5.41 Å². The Balaban J connectivity index is 0.000000581. The molecule has 4 nitrogen and oxygen atoms in total. The molecule has 2 aromatic heterocycles. The maximum atomic E-state index is 7.21. The minimum absolute atomic E-state index is 0.0225. The van der Waals surface area contributed by atoms with Crippen LogP contribution >= 0.6 is 0 Å². The zero-order valence-electron chi connectivity index (χ0n) is 10.9. The van der Waals surface area contributed by atoms with Gasteiger partial charge in [0.25, 0.3) is 0 Å². The van der Waals surface area contributed by atoms with Gasteiger partial charge in [0.2, 0.25) is 0 Å². The summed E-state index contributed by atoms with van der Waals surface area (Å²) in [5, 5.41) is 8.15. The summed E-state index contributed by atoms with van der Waals surface area (Å²) in [4.78, 5) is 8.10. The van der Waals surface area contributed by atoms with Crippen LogP contribution < -0.4 is 5.73 Å². The van der Waals surface area contributed by atoms with E-state index >= 15 is 0 Å². The zero-order chi connectivity index (χ0) is 13.3. The molecule has 0 spiro atoms. The van der Waals surface area contributed by atoms with Crippen LogP contribution in [-0.4, -0.2) is 15.8 Å². The quantitative estimate of drug-likeness (QED) is 0.586. The first-order valence-electron chi connectivity index (χ1n) is 5.82. The van der Waals surface area contributed by atoms with E-state index in [-0.39, 0.29) is 5.84 Å². The number of nitrogens with two attached hydrogens (primary N) is 1. The van der Waals surface area contributed by atoms with E-state index in [2.05, 4.69) is 9.97 Å². The largest absolute Gasteiger partial charge is 0.382 e. The van der Waals surface area contributed by atoms with E-state index in [4.69, 9.17) is 11.1 Å². The van der Waals surface area contributed by atoms with Gasteiger partial charge in [-0.25, -0.2) is 0 Å². The summed E-state index contributed by atoms with van der Waals surface area (Å²) in [6, 6.07) is 5.51. The molecule has 0 aromatic carbocycles. The number of fused-ring (bicyclic) bond motifs is 1. The van der Waals surface area contributed by atoms with Gasteiger partial charge in [0, 0.05) is 11.6 Å². The summed E-state index contributed by atoms with van der Waals surface area (Å²) >= 11 is 0. The fourth-order valence-corrected chi connectivity index (χ4v) is 1.12. The Morgan fingerprint density at radius 3 is 2.41 bits per heavy atom. The minimum atomic E-state index is -0.0225. The Bertz CT molecular complexity index is 466. The van der Waals surface area contributed by atoms with Gasteiger partial charge in [-0.3, -0.25) is 15.4 Å². The van der Waals surface area contributed by atoms with Crippen molar-refractivity contribution in [2.45, 2.75) is 27.7 Å². The lowest BCUT2D eigenvalue weighted by atomic mass is 10.2. The number of nitrogen functional groups attached to an aromatic ring is 1. The lowest BCUT2D eigenvalue weighted by Gasteiger charge is -1.98. The van der Waals surface area contributed by atoms with Gasteiger partial charge in [-0.15, -0.1) is 0 Å². The third kappa shape index (κ3) is 4.18. The predicted molar refractivity (Wildman–Crippen MR) is 73.3 cm³/mol. The van der Waals surface area contributed by atoms with Crippen LogP contribution in [0.15, 0.2) is 30.6 Å². The second-order valence-corrected chi connectivity index (χ2v) is 2.68. The molecule has 0 aliphatic heterocycles. The summed E-state index contributed by atoms with van der Waals surface area (Å²) in [6.07, 6.45) is 3.32. The van der Waals surface area contributed by atoms with E-state index in [0.717, 1.165) is 10.9 Å². The maximum Gasteiger partial charge on any atom is 0.141 e. The average Bonchev–Trinajstić information content (AvgIpc) is 2.42. The SMILES string of the molecule is CC.CC.N=C(N)c1cc2cccnc2cn1. The lowest BCUT2D eigenvalue weighted by Crippen LogP contribution is -2.12. The number of amidine groups is 1. The first-order chi connectivity index (χ1) is 8.27. The smallest absolute Gasteiger partial charge is 0.141 e. The molecule has 4 heteroatoms. The van der Waals surface area contributed by atoms with Gasteiger partial charge in [0.05, 0.1) is 11.7 Å². The first-order valence-corrected chi connectivity index (χ1v) is 5.82. The summed E-state index contributed by atoms with van der Waals surface area (Å²) in [5.74, 6) is -0.0225. The normalized spacial score (nSPS) is 8.47. The number of nitrogens with one attached hydrogen (secondary N) is 1. The highest BCUT2D eigenvalue weighted by atomic mass is 14.8. The molecule has 2 rings (SSSR count). The van der Waals surface area contributed by atoms with Crippen molar-refractivity contribution in [1.82, 2.24) is 9.97 Å². The van der Waals surface area contributed by atoms with Gasteiger partial charge in [0.15, 0.2) is 0 Å². The molecule has 0 unspecified atom stereocenters. The molecule has 0 atom stereocenters. The maximum absolute atomic E-state index is 7.21. The Labute approximate surface area is 102 Å². The van der Waals surface area contributed by atoms with Crippen LogP contribution in [0.2, 0.25) is 0 Å². The van der Waals surface area contributed by atoms with Crippen molar-refractivity contribution < 1.29 is 0 Å². The summed E-state index contributed by atoms with van der Waals surface area (Å²) in [7, 11) is 0. The van der Waals surface area contributed by atoms with Crippen molar-refractivity contribution in [1.29, 1.82) is 5.41 Å². The molecule has 2 aromatic rings. The van der Waals surface area contributed by atoms with E-state index < -0.39 is 0 Å². The van der Waals surface area contributed by atoms with E-state index in [1.807, 2.05) is 39.8 Å². The van der Waals surface area contributed by atoms with Crippen molar-refractivity contribution in [3.63, 3.8) is 0 Å². The highest BCUT2D eigenvalue weighted by Gasteiger charge is 1.99. The predicted octanol–water partition coefficient (Wildman–Crippen LogP) is 2.97. The first kappa shape index (κ1) is 15.0. The van der Waals surface area contributed by atoms with Crippen molar-refractivity contribution in [2.24, 2.45) is 5.73 Å². The summed E-state index contributed by atoms with van der Waals surface area (Å²) in [6.45, 7) is 8.00. The van der Waals surface area contributed by atoms with Gasteiger partial charge >= 0.3 is 0 Å². The van der Waals surface area contributed by atoms with Crippen LogP contribution in [0.1, 0.15) is 33.4 Å². The molecule has 0 saturated carbocycles. The number of pyridine rings is 2. The van der Waals surface area contributed by atoms with Gasteiger partial charge in [0.1, 0.15) is 11.5 Å². The van der Waals surface area contributed by atoms with Crippen molar-refractivity contribution in [3.05, 3.63) is 36.3 Å². The molecule has 0 bridgehead atoms. The summed E-state index contributed by atoms with van der Waals surface area (Å²) in [5.41, 5.74) is 6.60. The van der Waals surface area contributed by atoms with Gasteiger partial charge in [-0.2, -0.15) is 0 Å². The molecule has 17 heavy (non-hydrogen) atoms. The van der Waals surface area contributed by atoms with Crippen molar-refractivity contribution in [3.8, 4) is 0 Å². The second-order valence-electron chi connectivity index (χ2n) is 2.68. The van der Waals surface area contributed by atoms with Gasteiger partial charge in [-0.1, -0.05) is 33.8 Å². The minimum Gasteiger partial charge on any atom is -0.382 e. The number of aromatic nitrogens is 2. The lowest BCUT2D eigenvalue weighted by molar-refractivity contribution is 1.26. The monoisotopic (exact) mass is 232 g/mol. The van der Waals surface area contributed by atoms with Crippen LogP contribution in [0.3, 0.4) is 0 Å². The number of hydrogen-bond donors (Lipinski definition) is 2. The van der Waals surface area contributed by atoms with E-state index in [1.54, 1.807) is 18.5 Å². The number of nitrogens with zero attached hydrogens (tertiary/aromatic N) is 2.